The highest BCUT2D eigenvalue weighted by atomic mass is 16.5. The molecule has 0 aromatic heterocycles. The van der Waals surface area contributed by atoms with Gasteiger partial charge in [-0.15, -0.1) is 0 Å². The lowest BCUT2D eigenvalue weighted by atomic mass is 10.0. The number of rotatable bonds is 6. The number of aryl methyl sites for hydroxylation is 2. The topological polar surface area (TPSA) is 91.2 Å². The van der Waals surface area contributed by atoms with Crippen molar-refractivity contribution in [3.05, 3.63) is 89.0 Å². The highest BCUT2D eigenvalue weighted by Crippen LogP contribution is 2.22. The van der Waals surface area contributed by atoms with Gasteiger partial charge in [0.2, 0.25) is 5.91 Å². The van der Waals surface area contributed by atoms with E-state index in [-0.39, 0.29) is 18.9 Å². The Balaban J connectivity index is 1.44. The Labute approximate surface area is 181 Å². The van der Waals surface area contributed by atoms with E-state index < -0.39 is 5.91 Å². The third kappa shape index (κ3) is 6.18. The largest absolute Gasteiger partial charge is 0.484 e. The minimum atomic E-state index is -0.454. The zero-order valence-electron chi connectivity index (χ0n) is 17.4. The number of hydrogen-bond acceptors (Lipinski definition) is 4. The molecule has 3 aromatic rings. The molecule has 0 aliphatic carbocycles. The van der Waals surface area contributed by atoms with Crippen molar-refractivity contribution in [2.75, 3.05) is 6.61 Å². The molecule has 0 spiro atoms. The zero-order chi connectivity index (χ0) is 22.2. The predicted molar refractivity (Wildman–Crippen MR) is 118 cm³/mol. The van der Waals surface area contributed by atoms with E-state index in [0.29, 0.717) is 11.3 Å². The molecule has 2 N–H and O–H groups in total. The summed E-state index contributed by atoms with van der Waals surface area (Å²) >= 11 is 0. The van der Waals surface area contributed by atoms with Crippen molar-refractivity contribution in [3.8, 4) is 22.9 Å². The second kappa shape index (κ2) is 10.1. The van der Waals surface area contributed by atoms with Crippen LogP contribution in [-0.4, -0.2) is 18.4 Å². The minimum Gasteiger partial charge on any atom is -0.484 e. The summed E-state index contributed by atoms with van der Waals surface area (Å²) < 4.78 is 5.47. The normalized spacial score (nSPS) is 10.1. The van der Waals surface area contributed by atoms with Crippen LogP contribution >= 0.6 is 0 Å². The molecule has 31 heavy (non-hydrogen) atoms. The third-order valence-corrected chi connectivity index (χ3v) is 4.85. The van der Waals surface area contributed by atoms with Crippen LogP contribution in [0, 0.1) is 25.2 Å². The molecule has 0 fully saturated rings. The lowest BCUT2D eigenvalue weighted by Crippen LogP contribution is -2.44. The Hall–Kier alpha value is -4.11. The molecular formula is C25H23N3O3. The number of amides is 2. The number of nitriles is 1. The molecule has 6 heteroatoms. The van der Waals surface area contributed by atoms with Crippen LogP contribution in [0.3, 0.4) is 0 Å². The van der Waals surface area contributed by atoms with Crippen molar-refractivity contribution >= 4 is 11.8 Å². The molecule has 0 saturated carbocycles. The molecular weight excluding hydrogens is 390 g/mol. The highest BCUT2D eigenvalue weighted by molar-refractivity contribution is 5.84. The Morgan fingerprint density at radius 2 is 1.45 bits per heavy atom. The van der Waals surface area contributed by atoms with E-state index in [1.807, 2.05) is 56.3 Å². The first-order valence-corrected chi connectivity index (χ1v) is 9.82. The van der Waals surface area contributed by atoms with Gasteiger partial charge < -0.3 is 4.74 Å². The summed E-state index contributed by atoms with van der Waals surface area (Å²) in [6.45, 7) is 3.78. The van der Waals surface area contributed by atoms with Crippen molar-refractivity contribution < 1.29 is 14.3 Å². The summed E-state index contributed by atoms with van der Waals surface area (Å²) in [7, 11) is 0. The van der Waals surface area contributed by atoms with Gasteiger partial charge in [-0.2, -0.15) is 5.26 Å². The van der Waals surface area contributed by atoms with Gasteiger partial charge in [-0.25, -0.2) is 0 Å². The van der Waals surface area contributed by atoms with Gasteiger partial charge in [0.05, 0.1) is 18.1 Å². The van der Waals surface area contributed by atoms with Gasteiger partial charge in [-0.3, -0.25) is 20.4 Å². The first-order valence-electron chi connectivity index (χ1n) is 9.82. The highest BCUT2D eigenvalue weighted by Gasteiger charge is 2.08. The first kappa shape index (κ1) is 21.6. The van der Waals surface area contributed by atoms with Gasteiger partial charge in [0.15, 0.2) is 6.61 Å². The number of carbonyl (C=O) groups excluding carboxylic acids is 2. The fraction of sp³-hybridized carbons (Fsp3) is 0.160. The van der Waals surface area contributed by atoms with Crippen LogP contribution in [0.4, 0.5) is 0 Å². The number of nitrogens with zero attached hydrogens (tertiary/aromatic N) is 1. The summed E-state index contributed by atoms with van der Waals surface area (Å²) in [6, 6.07) is 22.5. The summed E-state index contributed by atoms with van der Waals surface area (Å²) in [6.07, 6.45) is 0.180. The molecule has 156 valence electrons. The fourth-order valence-electron chi connectivity index (χ4n) is 2.95. The number of benzene rings is 3. The van der Waals surface area contributed by atoms with Gasteiger partial charge in [-0.05, 0) is 65.9 Å². The Morgan fingerprint density at radius 1 is 0.839 bits per heavy atom. The van der Waals surface area contributed by atoms with Gasteiger partial charge in [0.1, 0.15) is 5.75 Å². The molecule has 0 unspecified atom stereocenters. The van der Waals surface area contributed by atoms with E-state index in [4.69, 9.17) is 10.00 Å². The molecule has 6 nitrogen and oxygen atoms in total. The second-order valence-electron chi connectivity index (χ2n) is 7.19. The van der Waals surface area contributed by atoms with Crippen molar-refractivity contribution in [3.63, 3.8) is 0 Å². The van der Waals surface area contributed by atoms with E-state index in [1.54, 1.807) is 24.3 Å². The smallest absolute Gasteiger partial charge is 0.276 e. The summed E-state index contributed by atoms with van der Waals surface area (Å²) in [5.74, 6) is -0.220. The van der Waals surface area contributed by atoms with Crippen molar-refractivity contribution in [1.29, 1.82) is 5.26 Å². The summed E-state index contributed by atoms with van der Waals surface area (Å²) in [5.41, 5.74) is 10.5. The molecule has 0 atom stereocenters. The van der Waals surface area contributed by atoms with Crippen molar-refractivity contribution in [2.45, 2.75) is 20.3 Å². The standard InChI is InChI=1S/C25H23N3O3/c1-17-3-4-20(13-18(17)2)14-24(29)27-28-25(30)16-31-23-11-9-22(10-12-23)21-7-5-19(15-26)6-8-21/h3-13H,14,16H2,1-2H3,(H,27,29)(H,28,30). The van der Waals surface area contributed by atoms with Crippen LogP contribution < -0.4 is 15.6 Å². The predicted octanol–water partition coefficient (Wildman–Crippen LogP) is 3.61. The number of nitrogens with one attached hydrogen (secondary N) is 2. The average molecular weight is 413 g/mol. The molecule has 0 saturated heterocycles. The maximum Gasteiger partial charge on any atom is 0.276 e. The Morgan fingerprint density at radius 3 is 2.06 bits per heavy atom. The SMILES string of the molecule is Cc1ccc(CC(=O)NNC(=O)COc2ccc(-c3ccc(C#N)cc3)cc2)cc1C. The Bertz CT molecular complexity index is 1110. The lowest BCUT2D eigenvalue weighted by Gasteiger charge is -2.10. The summed E-state index contributed by atoms with van der Waals surface area (Å²) in [5, 5.41) is 8.87. The minimum absolute atomic E-state index is 0.180. The molecule has 0 aliphatic rings. The number of carbonyl (C=O) groups is 2. The molecule has 2 amide bonds. The van der Waals surface area contributed by atoms with Crippen molar-refractivity contribution in [1.82, 2.24) is 10.9 Å². The van der Waals surface area contributed by atoms with Gasteiger partial charge in [0, 0.05) is 0 Å². The van der Waals surface area contributed by atoms with Gasteiger partial charge >= 0.3 is 0 Å². The van der Waals surface area contributed by atoms with E-state index in [9.17, 15) is 9.59 Å². The van der Waals surface area contributed by atoms with Crippen LogP contribution in [0.5, 0.6) is 5.75 Å². The van der Waals surface area contributed by atoms with E-state index >= 15 is 0 Å². The molecule has 0 bridgehead atoms. The number of ether oxygens (including phenoxy) is 1. The van der Waals surface area contributed by atoms with E-state index in [0.717, 1.165) is 22.3 Å². The molecule has 3 aromatic carbocycles. The lowest BCUT2D eigenvalue weighted by molar-refractivity contribution is -0.129. The molecule has 0 aliphatic heterocycles. The van der Waals surface area contributed by atoms with E-state index in [1.165, 1.54) is 5.56 Å². The van der Waals surface area contributed by atoms with E-state index in [2.05, 4.69) is 16.9 Å². The first-order chi connectivity index (χ1) is 14.9. The zero-order valence-corrected chi connectivity index (χ0v) is 17.4. The van der Waals surface area contributed by atoms with Gasteiger partial charge in [0.25, 0.3) is 5.91 Å². The second-order valence-corrected chi connectivity index (χ2v) is 7.19. The number of hydrazine groups is 1. The quantitative estimate of drug-likeness (QED) is 0.604. The van der Waals surface area contributed by atoms with Gasteiger partial charge in [-0.1, -0.05) is 42.5 Å². The van der Waals surface area contributed by atoms with Crippen LogP contribution in [0.1, 0.15) is 22.3 Å². The van der Waals surface area contributed by atoms with Crippen LogP contribution in [-0.2, 0) is 16.0 Å². The fourth-order valence-corrected chi connectivity index (χ4v) is 2.95. The maximum atomic E-state index is 12.0. The monoisotopic (exact) mass is 413 g/mol. The van der Waals surface area contributed by atoms with Crippen LogP contribution in [0.2, 0.25) is 0 Å². The maximum absolute atomic E-state index is 12.0. The summed E-state index contributed by atoms with van der Waals surface area (Å²) in [4.78, 5) is 24.0. The van der Waals surface area contributed by atoms with Crippen LogP contribution in [0.15, 0.2) is 66.7 Å². The third-order valence-electron chi connectivity index (χ3n) is 4.85. The van der Waals surface area contributed by atoms with Crippen LogP contribution in [0.25, 0.3) is 11.1 Å². The molecule has 3 rings (SSSR count). The average Bonchev–Trinajstić information content (AvgIpc) is 2.79. The number of hydrogen-bond donors (Lipinski definition) is 2. The molecule has 0 radical (unpaired) electrons. The Kier molecular flexibility index (Phi) is 7.02. The van der Waals surface area contributed by atoms with Crippen molar-refractivity contribution in [2.24, 2.45) is 0 Å². The molecule has 0 heterocycles.